The highest BCUT2D eigenvalue weighted by atomic mass is 32.2. The zero-order valence-electron chi connectivity index (χ0n) is 18.4. The quantitative estimate of drug-likeness (QED) is 0.278. The molecule has 1 fully saturated rings. The normalized spacial score (nSPS) is 16.0. The SMILES string of the molecule is N=C(N)c1cccc(CN2CC[C@H](NS(=O)(=O)c3cc4ccccc4s3)C2=O)c1.O=C(O)C(F)(F)F. The van der Waals surface area contributed by atoms with Gasteiger partial charge in [0.05, 0.1) is 0 Å². The van der Waals surface area contributed by atoms with Crippen LogP contribution in [-0.2, 0) is 26.2 Å². The minimum atomic E-state index is -5.08. The standard InChI is InChI=1S/C20H20N4O3S2.C2HF3O2/c21-19(22)15-6-3-4-13(10-15)12-24-9-8-16(20(24)25)23-29(26,27)18-11-14-5-1-2-7-17(14)28-18;3-2(4,5)1(6)7/h1-7,10-11,16,23H,8-9,12H2,(H3,21,22);(H,6,7)/t16-;/m0./s1. The van der Waals surface area contributed by atoms with Crippen LogP contribution in [0.25, 0.3) is 10.1 Å². The molecule has 192 valence electrons. The number of sulfonamides is 1. The molecular weight excluding hydrogens is 521 g/mol. The van der Waals surface area contributed by atoms with Gasteiger partial charge in [-0.05, 0) is 35.6 Å². The van der Waals surface area contributed by atoms with Crippen molar-refractivity contribution in [3.63, 3.8) is 0 Å². The first kappa shape index (κ1) is 27.1. The molecule has 1 aliphatic heterocycles. The molecule has 2 heterocycles. The number of carboxylic acids is 1. The predicted octanol–water partition coefficient (Wildman–Crippen LogP) is 2.90. The molecule has 3 aromatic rings. The van der Waals surface area contributed by atoms with E-state index in [2.05, 4.69) is 4.72 Å². The largest absolute Gasteiger partial charge is 0.490 e. The van der Waals surface area contributed by atoms with Crippen LogP contribution in [0.5, 0.6) is 0 Å². The summed E-state index contributed by atoms with van der Waals surface area (Å²) in [6.45, 7) is 0.809. The van der Waals surface area contributed by atoms with Crippen LogP contribution >= 0.6 is 11.3 Å². The van der Waals surface area contributed by atoms with Crippen molar-refractivity contribution in [1.82, 2.24) is 9.62 Å². The van der Waals surface area contributed by atoms with E-state index >= 15 is 0 Å². The van der Waals surface area contributed by atoms with Crippen LogP contribution in [0, 0.1) is 5.41 Å². The average molecular weight is 543 g/mol. The third-order valence-corrected chi connectivity index (χ3v) is 8.18. The van der Waals surface area contributed by atoms with Gasteiger partial charge >= 0.3 is 12.1 Å². The number of carbonyl (C=O) groups is 2. The second kappa shape index (κ2) is 10.6. The summed E-state index contributed by atoms with van der Waals surface area (Å²) in [5.41, 5.74) is 6.96. The Kier molecular flexibility index (Phi) is 8.01. The summed E-state index contributed by atoms with van der Waals surface area (Å²) < 4.78 is 61.0. The van der Waals surface area contributed by atoms with E-state index < -0.39 is 28.2 Å². The Morgan fingerprint density at radius 1 is 1.19 bits per heavy atom. The summed E-state index contributed by atoms with van der Waals surface area (Å²) >= 11 is 1.19. The lowest BCUT2D eigenvalue weighted by Crippen LogP contribution is -2.41. The Balaban J connectivity index is 0.000000454. The molecule has 1 atom stereocenters. The van der Waals surface area contributed by atoms with Crippen molar-refractivity contribution in [3.05, 3.63) is 65.7 Å². The average Bonchev–Trinajstić information content (AvgIpc) is 3.39. The molecule has 1 amide bonds. The van der Waals surface area contributed by atoms with Crippen molar-refractivity contribution in [2.45, 2.75) is 29.4 Å². The van der Waals surface area contributed by atoms with Crippen molar-refractivity contribution in [2.24, 2.45) is 5.73 Å². The van der Waals surface area contributed by atoms with E-state index in [1.165, 1.54) is 11.3 Å². The summed E-state index contributed by atoms with van der Waals surface area (Å²) in [7, 11) is -3.78. The summed E-state index contributed by atoms with van der Waals surface area (Å²) in [4.78, 5) is 23.3. The molecule has 0 bridgehead atoms. The first-order valence-corrected chi connectivity index (χ1v) is 12.6. The van der Waals surface area contributed by atoms with E-state index in [-0.39, 0.29) is 16.0 Å². The number of carboxylic acid groups (broad SMARTS) is 1. The number of amidine groups is 1. The third-order valence-electron chi connectivity index (χ3n) is 5.12. The first-order chi connectivity index (χ1) is 16.8. The number of hydrogen-bond donors (Lipinski definition) is 4. The number of nitrogens with two attached hydrogens (primary N) is 1. The molecule has 14 heteroatoms. The molecule has 4 rings (SSSR count). The highest BCUT2D eigenvalue weighted by molar-refractivity contribution is 7.91. The highest BCUT2D eigenvalue weighted by Crippen LogP contribution is 2.29. The Morgan fingerprint density at radius 3 is 2.47 bits per heavy atom. The van der Waals surface area contributed by atoms with Gasteiger partial charge in [-0.2, -0.15) is 17.9 Å². The fourth-order valence-electron chi connectivity index (χ4n) is 3.40. The van der Waals surface area contributed by atoms with Gasteiger partial charge in [0.15, 0.2) is 0 Å². The molecule has 36 heavy (non-hydrogen) atoms. The molecule has 0 unspecified atom stereocenters. The number of likely N-dealkylation sites (tertiary alicyclic amines) is 1. The zero-order chi connectivity index (χ0) is 26.7. The molecule has 0 aliphatic carbocycles. The summed E-state index contributed by atoms with van der Waals surface area (Å²) in [6.07, 6.45) is -4.67. The van der Waals surface area contributed by atoms with E-state index in [1.807, 2.05) is 30.3 Å². The lowest BCUT2D eigenvalue weighted by molar-refractivity contribution is -0.192. The Morgan fingerprint density at radius 2 is 1.86 bits per heavy atom. The fraction of sp³-hybridized carbons (Fsp3) is 0.227. The second-order valence-corrected chi connectivity index (χ2v) is 10.8. The minimum Gasteiger partial charge on any atom is -0.475 e. The molecule has 0 spiro atoms. The minimum absolute atomic E-state index is 0.0337. The number of fused-ring (bicyclic) bond motifs is 1. The number of rotatable bonds is 6. The number of alkyl halides is 3. The van der Waals surface area contributed by atoms with Crippen molar-refractivity contribution in [3.8, 4) is 0 Å². The number of nitrogens with zero attached hydrogens (tertiary/aromatic N) is 1. The van der Waals surface area contributed by atoms with Crippen LogP contribution < -0.4 is 10.5 Å². The van der Waals surface area contributed by atoms with E-state index in [0.717, 1.165) is 15.6 Å². The number of hydrogen-bond acceptors (Lipinski definition) is 6. The molecule has 1 aliphatic rings. The Labute approximate surface area is 207 Å². The molecular formula is C22H21F3N4O5S2. The Hall–Kier alpha value is -3.49. The van der Waals surface area contributed by atoms with E-state index in [1.54, 1.807) is 29.2 Å². The monoisotopic (exact) mass is 542 g/mol. The molecule has 9 nitrogen and oxygen atoms in total. The van der Waals surface area contributed by atoms with Crippen LogP contribution in [0.3, 0.4) is 0 Å². The van der Waals surface area contributed by atoms with Gasteiger partial charge in [-0.3, -0.25) is 10.2 Å². The van der Waals surface area contributed by atoms with Crippen LogP contribution in [0.4, 0.5) is 13.2 Å². The summed E-state index contributed by atoms with van der Waals surface area (Å²) in [5.74, 6) is -3.04. The van der Waals surface area contributed by atoms with Gasteiger partial charge < -0.3 is 15.7 Å². The van der Waals surface area contributed by atoms with Gasteiger partial charge in [0.1, 0.15) is 16.1 Å². The van der Waals surface area contributed by atoms with Crippen LogP contribution in [0.1, 0.15) is 17.5 Å². The van der Waals surface area contributed by atoms with Crippen LogP contribution in [0.15, 0.2) is 58.8 Å². The number of benzene rings is 2. The highest BCUT2D eigenvalue weighted by Gasteiger charge is 2.38. The van der Waals surface area contributed by atoms with Crippen molar-refractivity contribution in [2.75, 3.05) is 6.54 Å². The van der Waals surface area contributed by atoms with Gasteiger partial charge in [-0.25, -0.2) is 13.2 Å². The van der Waals surface area contributed by atoms with E-state index in [9.17, 15) is 26.4 Å². The maximum absolute atomic E-state index is 12.8. The molecule has 0 saturated carbocycles. The summed E-state index contributed by atoms with van der Waals surface area (Å²) in [5, 5.41) is 15.5. The maximum atomic E-state index is 12.8. The van der Waals surface area contributed by atoms with Crippen molar-refractivity contribution < 1.29 is 36.3 Å². The molecule has 2 aromatic carbocycles. The van der Waals surface area contributed by atoms with Gasteiger partial charge in [0.2, 0.25) is 5.91 Å². The smallest absolute Gasteiger partial charge is 0.475 e. The van der Waals surface area contributed by atoms with Gasteiger partial charge in [0, 0.05) is 23.4 Å². The van der Waals surface area contributed by atoms with Gasteiger partial charge in [0.25, 0.3) is 10.0 Å². The van der Waals surface area contributed by atoms with Gasteiger partial charge in [-0.1, -0.05) is 36.4 Å². The van der Waals surface area contributed by atoms with Crippen molar-refractivity contribution in [1.29, 1.82) is 5.41 Å². The van der Waals surface area contributed by atoms with E-state index in [4.69, 9.17) is 21.0 Å². The molecule has 1 aromatic heterocycles. The van der Waals surface area contributed by atoms with E-state index in [0.29, 0.717) is 25.1 Å². The number of aliphatic carboxylic acids is 1. The summed E-state index contributed by atoms with van der Waals surface area (Å²) in [6, 6.07) is 15.5. The molecule has 5 N–H and O–H groups in total. The van der Waals surface area contributed by atoms with Crippen LogP contribution in [0.2, 0.25) is 0 Å². The number of nitrogen functional groups attached to an aromatic ring is 1. The third kappa shape index (κ3) is 6.59. The lowest BCUT2D eigenvalue weighted by Gasteiger charge is -2.17. The van der Waals surface area contributed by atoms with Gasteiger partial charge in [-0.15, -0.1) is 11.3 Å². The number of amides is 1. The second-order valence-electron chi connectivity index (χ2n) is 7.74. The fourth-order valence-corrected chi connectivity index (χ4v) is 6.04. The maximum Gasteiger partial charge on any atom is 0.490 e. The topological polar surface area (TPSA) is 154 Å². The number of nitrogens with one attached hydrogen (secondary N) is 2. The van der Waals surface area contributed by atoms with Crippen LogP contribution in [-0.4, -0.2) is 54.9 Å². The number of carbonyl (C=O) groups excluding carboxylic acids is 1. The lowest BCUT2D eigenvalue weighted by atomic mass is 10.1. The number of halogens is 3. The Bertz CT molecular complexity index is 1370. The first-order valence-electron chi connectivity index (χ1n) is 10.3. The zero-order valence-corrected chi connectivity index (χ0v) is 20.1. The van der Waals surface area contributed by atoms with Crippen molar-refractivity contribution >= 4 is 49.2 Å². The molecule has 1 saturated heterocycles. The predicted molar refractivity (Wildman–Crippen MR) is 127 cm³/mol. The number of thiophene rings is 1. The molecule has 0 radical (unpaired) electrons.